The summed E-state index contributed by atoms with van der Waals surface area (Å²) in [5, 5.41) is 10.7. The number of aromatic nitrogens is 5. The average molecular weight is 500 g/mol. The number of hydrogen-bond donors (Lipinski definition) is 1. The standard InChI is InChI=1S/C23H20ClF2N7O2/c24-8-13-1-3-14(4-2-13)33-11-18(20(30-33)21(25)26)28-23(34)17-9-27-32-6-5-19(29-22(17)32)31-10-16-7-15(31)12-35-16/h1-6,9,11,15-16,21H,7-8,10,12H2,(H,28,34)/t15?,16-/m1/s1. The number of carbonyl (C=O) groups is 1. The predicted octanol–water partition coefficient (Wildman–Crippen LogP) is 3.82. The largest absolute Gasteiger partial charge is 0.374 e. The van der Waals surface area contributed by atoms with Crippen LogP contribution in [0.2, 0.25) is 0 Å². The number of benzene rings is 1. The number of morpholine rings is 1. The van der Waals surface area contributed by atoms with Crippen molar-refractivity contribution in [2.75, 3.05) is 23.4 Å². The molecule has 0 spiro atoms. The van der Waals surface area contributed by atoms with Gasteiger partial charge in [0.1, 0.15) is 11.4 Å². The summed E-state index contributed by atoms with van der Waals surface area (Å²) in [6, 6.07) is 9.11. The quantitative estimate of drug-likeness (QED) is 0.406. The Morgan fingerprint density at radius 3 is 2.77 bits per heavy atom. The number of amides is 1. The van der Waals surface area contributed by atoms with Crippen LogP contribution in [0.5, 0.6) is 0 Å². The van der Waals surface area contributed by atoms with E-state index >= 15 is 0 Å². The smallest absolute Gasteiger partial charge is 0.284 e. The van der Waals surface area contributed by atoms with E-state index in [2.05, 4.69) is 25.4 Å². The molecule has 1 aromatic carbocycles. The highest BCUT2D eigenvalue weighted by Crippen LogP contribution is 2.32. The third-order valence-electron chi connectivity index (χ3n) is 6.35. The molecule has 12 heteroatoms. The molecule has 3 aromatic heterocycles. The molecule has 2 bridgehead atoms. The first-order chi connectivity index (χ1) is 17.0. The van der Waals surface area contributed by atoms with Gasteiger partial charge in [-0.25, -0.2) is 23.0 Å². The normalized spacial score (nSPS) is 19.3. The first-order valence-electron chi connectivity index (χ1n) is 11.1. The molecule has 1 amide bonds. The highest BCUT2D eigenvalue weighted by Gasteiger charge is 2.39. The van der Waals surface area contributed by atoms with Gasteiger partial charge in [0.15, 0.2) is 11.3 Å². The summed E-state index contributed by atoms with van der Waals surface area (Å²) >= 11 is 5.82. The topological polar surface area (TPSA) is 89.6 Å². The number of nitrogens with one attached hydrogen (secondary N) is 1. The minimum atomic E-state index is -2.88. The Morgan fingerprint density at radius 1 is 1.26 bits per heavy atom. The van der Waals surface area contributed by atoms with Crippen molar-refractivity contribution < 1.29 is 18.3 Å². The van der Waals surface area contributed by atoms with E-state index < -0.39 is 18.0 Å². The van der Waals surface area contributed by atoms with E-state index in [-0.39, 0.29) is 23.4 Å². The molecule has 1 N–H and O–H groups in total. The van der Waals surface area contributed by atoms with Crippen LogP contribution in [0.25, 0.3) is 11.3 Å². The first kappa shape index (κ1) is 21.9. The SMILES string of the molecule is O=C(Nc1cn(-c2ccc(CCl)cc2)nc1C(F)F)c1cnn2ccc(N3C[C@H]4CC3CO4)nc12. The summed E-state index contributed by atoms with van der Waals surface area (Å²) in [7, 11) is 0. The summed E-state index contributed by atoms with van der Waals surface area (Å²) < 4.78 is 35.9. The van der Waals surface area contributed by atoms with E-state index in [0.717, 1.165) is 24.3 Å². The number of alkyl halides is 3. The van der Waals surface area contributed by atoms with Gasteiger partial charge in [-0.05, 0) is 30.2 Å². The summed E-state index contributed by atoms with van der Waals surface area (Å²) in [5.74, 6) is 0.463. The number of carbonyl (C=O) groups excluding carboxylic acids is 1. The zero-order valence-electron chi connectivity index (χ0n) is 18.3. The number of fused-ring (bicyclic) bond motifs is 3. The van der Waals surface area contributed by atoms with Crippen molar-refractivity contribution in [1.82, 2.24) is 24.4 Å². The lowest BCUT2D eigenvalue weighted by Gasteiger charge is -2.27. The maximum atomic E-state index is 13.7. The summed E-state index contributed by atoms with van der Waals surface area (Å²) in [4.78, 5) is 19.9. The van der Waals surface area contributed by atoms with Crippen LogP contribution >= 0.6 is 11.6 Å². The van der Waals surface area contributed by atoms with E-state index in [0.29, 0.717) is 23.8 Å². The van der Waals surface area contributed by atoms with E-state index in [9.17, 15) is 13.6 Å². The number of nitrogens with zero attached hydrogens (tertiary/aromatic N) is 6. The fourth-order valence-electron chi connectivity index (χ4n) is 4.56. The lowest BCUT2D eigenvalue weighted by atomic mass is 10.2. The van der Waals surface area contributed by atoms with Gasteiger partial charge in [0.2, 0.25) is 0 Å². The van der Waals surface area contributed by atoms with E-state index in [1.54, 1.807) is 30.5 Å². The van der Waals surface area contributed by atoms with Gasteiger partial charge < -0.3 is 15.0 Å². The third kappa shape index (κ3) is 3.90. The van der Waals surface area contributed by atoms with Crippen molar-refractivity contribution in [2.24, 2.45) is 0 Å². The second kappa shape index (κ2) is 8.58. The van der Waals surface area contributed by atoms with E-state index in [1.165, 1.54) is 21.6 Å². The van der Waals surface area contributed by atoms with Crippen LogP contribution < -0.4 is 10.2 Å². The van der Waals surface area contributed by atoms with Crippen LogP contribution in [0.3, 0.4) is 0 Å². The second-order valence-corrected chi connectivity index (χ2v) is 8.80. The lowest BCUT2D eigenvalue weighted by molar-refractivity contribution is 0.0988. The average Bonchev–Trinajstić information content (AvgIpc) is 3.66. The minimum Gasteiger partial charge on any atom is -0.374 e. The zero-order valence-corrected chi connectivity index (χ0v) is 19.1. The predicted molar refractivity (Wildman–Crippen MR) is 125 cm³/mol. The molecule has 2 aliphatic rings. The Morgan fingerprint density at radius 2 is 2.09 bits per heavy atom. The molecule has 35 heavy (non-hydrogen) atoms. The van der Waals surface area contributed by atoms with Crippen LogP contribution in [0.1, 0.15) is 34.5 Å². The van der Waals surface area contributed by atoms with Gasteiger partial charge in [0.05, 0.1) is 42.5 Å². The first-order valence-corrected chi connectivity index (χ1v) is 11.6. The van der Waals surface area contributed by atoms with E-state index in [1.807, 2.05) is 6.07 Å². The Bertz CT molecular complexity index is 1400. The van der Waals surface area contributed by atoms with Crippen LogP contribution in [0, 0.1) is 0 Å². The van der Waals surface area contributed by atoms with Gasteiger partial charge in [-0.2, -0.15) is 10.2 Å². The van der Waals surface area contributed by atoms with Gasteiger partial charge in [-0.15, -0.1) is 11.6 Å². The van der Waals surface area contributed by atoms with Crippen LogP contribution in [0.15, 0.2) is 48.9 Å². The van der Waals surface area contributed by atoms with Crippen LogP contribution in [-0.2, 0) is 10.6 Å². The lowest BCUT2D eigenvalue weighted by Crippen LogP contribution is -2.37. The molecule has 1 unspecified atom stereocenters. The van der Waals surface area contributed by atoms with Crippen molar-refractivity contribution in [3.8, 4) is 5.69 Å². The Hall–Kier alpha value is -3.57. The molecule has 0 aliphatic carbocycles. The number of hydrogen-bond acceptors (Lipinski definition) is 6. The maximum Gasteiger partial charge on any atom is 0.284 e. The highest BCUT2D eigenvalue weighted by molar-refractivity contribution is 6.17. The van der Waals surface area contributed by atoms with Crippen molar-refractivity contribution in [3.05, 3.63) is 65.7 Å². The zero-order chi connectivity index (χ0) is 24.1. The molecule has 9 nitrogen and oxygen atoms in total. The molecule has 2 aliphatic heterocycles. The van der Waals surface area contributed by atoms with Crippen molar-refractivity contribution in [3.63, 3.8) is 0 Å². The molecule has 2 atom stereocenters. The Labute approximate surface area is 203 Å². The number of anilines is 2. The third-order valence-corrected chi connectivity index (χ3v) is 6.66. The van der Waals surface area contributed by atoms with Gasteiger partial charge in [-0.1, -0.05) is 12.1 Å². The van der Waals surface area contributed by atoms with Gasteiger partial charge in [0, 0.05) is 18.6 Å². The van der Waals surface area contributed by atoms with Crippen LogP contribution in [-0.4, -0.2) is 55.6 Å². The maximum absolute atomic E-state index is 13.7. The van der Waals surface area contributed by atoms with Crippen molar-refractivity contribution in [1.29, 1.82) is 0 Å². The molecule has 0 saturated carbocycles. The molecular formula is C23H20ClF2N7O2. The summed E-state index contributed by atoms with van der Waals surface area (Å²) in [5.41, 5.74) is 1.35. The second-order valence-electron chi connectivity index (χ2n) is 8.54. The Kier molecular flexibility index (Phi) is 5.37. The fourth-order valence-corrected chi connectivity index (χ4v) is 4.74. The summed E-state index contributed by atoms with van der Waals surface area (Å²) in [6.07, 6.45) is 2.73. The molecule has 6 rings (SSSR count). The van der Waals surface area contributed by atoms with Crippen molar-refractivity contribution >= 4 is 34.7 Å². The molecule has 180 valence electrons. The molecule has 2 saturated heterocycles. The fraction of sp³-hybridized carbons (Fsp3) is 0.304. The van der Waals surface area contributed by atoms with Crippen molar-refractivity contribution in [2.45, 2.75) is 30.9 Å². The Balaban J connectivity index is 1.29. The number of rotatable bonds is 6. The molecule has 2 fully saturated rings. The highest BCUT2D eigenvalue weighted by atomic mass is 35.5. The molecule has 0 radical (unpaired) electrons. The van der Waals surface area contributed by atoms with Gasteiger partial charge >= 0.3 is 0 Å². The summed E-state index contributed by atoms with van der Waals surface area (Å²) in [6.45, 7) is 1.39. The van der Waals surface area contributed by atoms with E-state index in [4.69, 9.17) is 16.3 Å². The number of halogens is 3. The van der Waals surface area contributed by atoms with Gasteiger partial charge in [0.25, 0.3) is 12.3 Å². The van der Waals surface area contributed by atoms with Crippen LogP contribution in [0.4, 0.5) is 20.3 Å². The van der Waals surface area contributed by atoms with Gasteiger partial charge in [-0.3, -0.25) is 4.79 Å². The molecule has 5 heterocycles. The molecule has 4 aromatic rings. The molecular weight excluding hydrogens is 480 g/mol. The monoisotopic (exact) mass is 499 g/mol. The number of ether oxygens (including phenoxy) is 1. The minimum absolute atomic E-state index is 0.0871.